The summed E-state index contributed by atoms with van der Waals surface area (Å²) in [6.07, 6.45) is 4.28. The van der Waals surface area contributed by atoms with Crippen LogP contribution in [-0.2, 0) is 0 Å². The van der Waals surface area contributed by atoms with E-state index in [1.54, 1.807) is 6.33 Å². The van der Waals surface area contributed by atoms with Crippen molar-refractivity contribution in [1.82, 2.24) is 9.36 Å². The molecule has 1 aliphatic rings. The highest BCUT2D eigenvalue weighted by atomic mass is 32.1. The highest BCUT2D eigenvalue weighted by Crippen LogP contribution is 2.44. The maximum absolute atomic E-state index is 4.04. The fraction of sp³-hybridized carbons (Fsp3) is 0.714. The largest absolute Gasteiger partial charge is 0.360 e. The van der Waals surface area contributed by atoms with Gasteiger partial charge < -0.3 is 5.32 Å². The monoisotopic (exact) mass is 169 g/mol. The van der Waals surface area contributed by atoms with Crippen molar-refractivity contribution in [3.8, 4) is 0 Å². The zero-order chi connectivity index (χ0) is 7.73. The van der Waals surface area contributed by atoms with Gasteiger partial charge in [0.05, 0.1) is 0 Å². The molecule has 0 amide bonds. The fourth-order valence-corrected chi connectivity index (χ4v) is 1.36. The van der Waals surface area contributed by atoms with Gasteiger partial charge in [-0.05, 0) is 18.3 Å². The molecule has 1 aromatic heterocycles. The Morgan fingerprint density at radius 1 is 1.73 bits per heavy atom. The summed E-state index contributed by atoms with van der Waals surface area (Å²) >= 11 is 1.42. The Bertz CT molecular complexity index is 228. The van der Waals surface area contributed by atoms with Gasteiger partial charge in [-0.1, -0.05) is 6.92 Å². The maximum atomic E-state index is 4.04. The summed E-state index contributed by atoms with van der Waals surface area (Å²) in [4.78, 5) is 4.04. The number of hydrogen-bond acceptors (Lipinski definition) is 4. The lowest BCUT2D eigenvalue weighted by Crippen LogP contribution is -2.11. The summed E-state index contributed by atoms with van der Waals surface area (Å²) in [6, 6.07) is 0. The van der Waals surface area contributed by atoms with E-state index in [0.717, 1.165) is 11.7 Å². The van der Waals surface area contributed by atoms with Crippen LogP contribution >= 0.6 is 11.5 Å². The Hall–Kier alpha value is -0.640. The van der Waals surface area contributed by atoms with Gasteiger partial charge in [-0.25, -0.2) is 4.98 Å². The first-order valence-corrected chi connectivity index (χ1v) is 4.56. The lowest BCUT2D eigenvalue weighted by molar-refractivity contribution is 0.610. The molecular weight excluding hydrogens is 158 g/mol. The molecule has 2 rings (SSSR count). The predicted molar refractivity (Wildman–Crippen MR) is 45.7 cm³/mol. The van der Waals surface area contributed by atoms with Crippen LogP contribution < -0.4 is 5.32 Å². The van der Waals surface area contributed by atoms with E-state index in [0.29, 0.717) is 5.41 Å². The summed E-state index contributed by atoms with van der Waals surface area (Å²) in [5.74, 6) is 0. The first-order chi connectivity index (χ1) is 5.29. The van der Waals surface area contributed by atoms with Crippen LogP contribution in [0.15, 0.2) is 6.33 Å². The molecule has 0 atom stereocenters. The van der Waals surface area contributed by atoms with Crippen molar-refractivity contribution in [3.05, 3.63) is 6.33 Å². The minimum atomic E-state index is 0.547. The number of aromatic nitrogens is 2. The van der Waals surface area contributed by atoms with E-state index >= 15 is 0 Å². The summed E-state index contributed by atoms with van der Waals surface area (Å²) in [5, 5.41) is 4.21. The lowest BCUT2D eigenvalue weighted by atomic mass is 10.1. The lowest BCUT2D eigenvalue weighted by Gasteiger charge is -2.06. The maximum Gasteiger partial charge on any atom is 0.202 e. The van der Waals surface area contributed by atoms with Crippen LogP contribution in [0.25, 0.3) is 0 Å². The third-order valence-electron chi connectivity index (χ3n) is 2.13. The molecule has 3 nitrogen and oxygen atoms in total. The van der Waals surface area contributed by atoms with Crippen molar-refractivity contribution < 1.29 is 0 Å². The van der Waals surface area contributed by atoms with Crippen LogP contribution in [0.2, 0.25) is 0 Å². The molecule has 1 fully saturated rings. The Morgan fingerprint density at radius 3 is 3.09 bits per heavy atom. The van der Waals surface area contributed by atoms with Gasteiger partial charge >= 0.3 is 0 Å². The van der Waals surface area contributed by atoms with Crippen molar-refractivity contribution in [3.63, 3.8) is 0 Å². The number of hydrogen-bond donors (Lipinski definition) is 1. The molecule has 1 aliphatic carbocycles. The van der Waals surface area contributed by atoms with E-state index in [1.165, 1.54) is 24.4 Å². The molecule has 1 saturated carbocycles. The Labute approximate surface area is 70.0 Å². The summed E-state index contributed by atoms with van der Waals surface area (Å²) < 4.78 is 3.91. The molecule has 0 aliphatic heterocycles. The summed E-state index contributed by atoms with van der Waals surface area (Å²) in [6.45, 7) is 3.34. The average molecular weight is 169 g/mol. The standard InChI is InChI=1S/C7H11N3S/c1-7(2-3-7)4-8-6-9-5-10-11-6/h5H,2-4H2,1H3,(H,8,9,10). The van der Waals surface area contributed by atoms with Gasteiger partial charge in [0, 0.05) is 18.1 Å². The molecule has 0 radical (unpaired) electrons. The van der Waals surface area contributed by atoms with Gasteiger partial charge in [-0.15, -0.1) is 0 Å². The van der Waals surface area contributed by atoms with Crippen LogP contribution in [-0.4, -0.2) is 15.9 Å². The normalized spacial score (nSPS) is 19.7. The molecule has 0 unspecified atom stereocenters. The Balaban J connectivity index is 1.83. The fourth-order valence-electron chi connectivity index (χ4n) is 0.930. The SMILES string of the molecule is CC1(CNc2ncns2)CC1. The molecule has 4 heteroatoms. The zero-order valence-electron chi connectivity index (χ0n) is 6.50. The van der Waals surface area contributed by atoms with Crippen LogP contribution in [0.1, 0.15) is 19.8 Å². The molecule has 11 heavy (non-hydrogen) atoms. The van der Waals surface area contributed by atoms with Crippen molar-refractivity contribution >= 4 is 16.7 Å². The molecule has 1 N–H and O–H groups in total. The second-order valence-electron chi connectivity index (χ2n) is 3.41. The van der Waals surface area contributed by atoms with Gasteiger partial charge in [0.25, 0.3) is 0 Å². The van der Waals surface area contributed by atoms with E-state index < -0.39 is 0 Å². The van der Waals surface area contributed by atoms with Crippen molar-refractivity contribution in [1.29, 1.82) is 0 Å². The molecule has 0 bridgehead atoms. The topological polar surface area (TPSA) is 37.8 Å². The highest BCUT2D eigenvalue weighted by Gasteiger charge is 2.36. The third kappa shape index (κ3) is 1.68. The van der Waals surface area contributed by atoms with E-state index in [4.69, 9.17) is 0 Å². The van der Waals surface area contributed by atoms with E-state index in [-0.39, 0.29) is 0 Å². The van der Waals surface area contributed by atoms with Crippen molar-refractivity contribution in [2.45, 2.75) is 19.8 Å². The number of rotatable bonds is 3. The second-order valence-corrected chi connectivity index (χ2v) is 4.19. The van der Waals surface area contributed by atoms with Gasteiger partial charge in [-0.2, -0.15) is 4.37 Å². The number of anilines is 1. The minimum Gasteiger partial charge on any atom is -0.360 e. The van der Waals surface area contributed by atoms with E-state index in [9.17, 15) is 0 Å². The summed E-state index contributed by atoms with van der Waals surface area (Å²) in [7, 11) is 0. The Morgan fingerprint density at radius 2 is 2.55 bits per heavy atom. The smallest absolute Gasteiger partial charge is 0.202 e. The molecule has 0 spiro atoms. The quantitative estimate of drug-likeness (QED) is 0.749. The van der Waals surface area contributed by atoms with E-state index in [1.807, 2.05) is 0 Å². The van der Waals surface area contributed by atoms with Crippen molar-refractivity contribution in [2.24, 2.45) is 5.41 Å². The van der Waals surface area contributed by atoms with Gasteiger partial charge in [-0.3, -0.25) is 0 Å². The van der Waals surface area contributed by atoms with Crippen LogP contribution in [0.4, 0.5) is 5.13 Å². The van der Waals surface area contributed by atoms with E-state index in [2.05, 4.69) is 21.6 Å². The molecule has 60 valence electrons. The second kappa shape index (κ2) is 2.44. The first-order valence-electron chi connectivity index (χ1n) is 3.79. The minimum absolute atomic E-state index is 0.547. The number of nitrogens with one attached hydrogen (secondary N) is 1. The molecular formula is C7H11N3S. The van der Waals surface area contributed by atoms with Crippen LogP contribution in [0, 0.1) is 5.41 Å². The highest BCUT2D eigenvalue weighted by molar-refractivity contribution is 7.09. The molecule has 0 saturated heterocycles. The van der Waals surface area contributed by atoms with Gasteiger partial charge in [0.15, 0.2) is 0 Å². The van der Waals surface area contributed by atoms with Crippen LogP contribution in [0.3, 0.4) is 0 Å². The van der Waals surface area contributed by atoms with Crippen molar-refractivity contribution in [2.75, 3.05) is 11.9 Å². The van der Waals surface area contributed by atoms with Gasteiger partial charge in [0.2, 0.25) is 5.13 Å². The zero-order valence-corrected chi connectivity index (χ0v) is 7.32. The molecule has 1 aromatic rings. The third-order valence-corrected chi connectivity index (χ3v) is 2.75. The summed E-state index contributed by atoms with van der Waals surface area (Å²) in [5.41, 5.74) is 0.547. The molecule has 1 heterocycles. The average Bonchev–Trinajstić information content (AvgIpc) is 2.53. The Kier molecular flexibility index (Phi) is 1.56. The first kappa shape index (κ1) is 7.03. The number of nitrogens with zero attached hydrogens (tertiary/aromatic N) is 2. The van der Waals surface area contributed by atoms with Gasteiger partial charge in [0.1, 0.15) is 6.33 Å². The molecule has 0 aromatic carbocycles. The van der Waals surface area contributed by atoms with Crippen LogP contribution in [0.5, 0.6) is 0 Å². The predicted octanol–water partition coefficient (Wildman–Crippen LogP) is 1.75.